The van der Waals surface area contributed by atoms with Gasteiger partial charge in [0.1, 0.15) is 5.75 Å². The molecule has 0 aliphatic heterocycles. The average molecular weight is 336 g/mol. The third-order valence-corrected chi connectivity index (χ3v) is 4.16. The summed E-state index contributed by atoms with van der Waals surface area (Å²) in [4.78, 5) is 11.7. The first-order valence-electron chi connectivity index (χ1n) is 7.08. The molecule has 23 heavy (non-hydrogen) atoms. The fourth-order valence-corrected chi connectivity index (χ4v) is 2.72. The summed E-state index contributed by atoms with van der Waals surface area (Å²) in [6.07, 6.45) is 0. The summed E-state index contributed by atoms with van der Waals surface area (Å²) in [5, 5.41) is 11.8. The molecule has 124 valence electrons. The summed E-state index contributed by atoms with van der Waals surface area (Å²) in [5.74, 6) is 1.65. The predicted octanol–water partition coefficient (Wildman–Crippen LogP) is 1.35. The van der Waals surface area contributed by atoms with Gasteiger partial charge in [-0.25, -0.2) is 0 Å². The molecule has 0 bridgehead atoms. The Bertz CT molecular complexity index is 660. The Morgan fingerprint density at radius 1 is 1.30 bits per heavy atom. The van der Waals surface area contributed by atoms with Crippen molar-refractivity contribution >= 4 is 17.7 Å². The maximum absolute atomic E-state index is 11.7. The summed E-state index contributed by atoms with van der Waals surface area (Å²) in [6.45, 7) is 0.999. The first-order valence-corrected chi connectivity index (χ1v) is 8.07. The van der Waals surface area contributed by atoms with Crippen LogP contribution < -0.4 is 10.1 Å². The maximum Gasteiger partial charge on any atom is 0.230 e. The number of amides is 1. The Hall–Kier alpha value is -2.06. The van der Waals surface area contributed by atoms with Crippen LogP contribution in [0.2, 0.25) is 0 Å². The van der Waals surface area contributed by atoms with Crippen LogP contribution in [-0.2, 0) is 16.6 Å². The van der Waals surface area contributed by atoms with Crippen molar-refractivity contribution in [2.45, 2.75) is 5.16 Å². The molecule has 1 aromatic carbocycles. The fraction of sp³-hybridized carbons (Fsp3) is 0.400. The van der Waals surface area contributed by atoms with E-state index in [0.29, 0.717) is 24.1 Å². The average Bonchev–Trinajstić information content (AvgIpc) is 2.94. The van der Waals surface area contributed by atoms with Gasteiger partial charge in [0.25, 0.3) is 0 Å². The molecule has 0 radical (unpaired) electrons. The van der Waals surface area contributed by atoms with E-state index in [9.17, 15) is 4.79 Å². The largest absolute Gasteiger partial charge is 0.496 e. The van der Waals surface area contributed by atoms with Crippen LogP contribution in [0.25, 0.3) is 11.4 Å². The van der Waals surface area contributed by atoms with Crippen LogP contribution in [0.15, 0.2) is 29.4 Å². The normalized spacial score (nSPS) is 10.6. The zero-order valence-corrected chi connectivity index (χ0v) is 14.2. The molecular weight excluding hydrogens is 316 g/mol. The molecule has 0 aliphatic rings. The van der Waals surface area contributed by atoms with Gasteiger partial charge in [0, 0.05) is 20.7 Å². The molecular formula is C15H20N4O3S. The van der Waals surface area contributed by atoms with Crippen LogP contribution in [0, 0.1) is 0 Å². The van der Waals surface area contributed by atoms with E-state index in [1.807, 2.05) is 35.9 Å². The van der Waals surface area contributed by atoms with E-state index < -0.39 is 0 Å². The summed E-state index contributed by atoms with van der Waals surface area (Å²) < 4.78 is 12.1. The lowest BCUT2D eigenvalue weighted by Gasteiger charge is -2.08. The van der Waals surface area contributed by atoms with Crippen LogP contribution >= 0.6 is 11.8 Å². The molecule has 0 aliphatic carbocycles. The van der Waals surface area contributed by atoms with Gasteiger partial charge in [-0.2, -0.15) is 0 Å². The first kappa shape index (κ1) is 17.3. The minimum Gasteiger partial charge on any atom is -0.496 e. The third-order valence-electron chi connectivity index (χ3n) is 3.14. The Balaban J connectivity index is 2.03. The molecule has 0 fully saturated rings. The van der Waals surface area contributed by atoms with Crippen LogP contribution in [0.3, 0.4) is 0 Å². The second-order valence-corrected chi connectivity index (χ2v) is 5.64. The number of para-hydroxylation sites is 1. The Morgan fingerprint density at radius 2 is 2.09 bits per heavy atom. The number of carbonyl (C=O) groups excluding carboxylic acids is 1. The van der Waals surface area contributed by atoms with E-state index in [-0.39, 0.29) is 11.7 Å². The van der Waals surface area contributed by atoms with E-state index >= 15 is 0 Å². The minimum absolute atomic E-state index is 0.0612. The second-order valence-electron chi connectivity index (χ2n) is 4.70. The number of aromatic nitrogens is 3. The Kier molecular flexibility index (Phi) is 6.42. The van der Waals surface area contributed by atoms with Gasteiger partial charge in [-0.15, -0.1) is 10.2 Å². The van der Waals surface area contributed by atoms with Crippen LogP contribution in [0.5, 0.6) is 5.75 Å². The molecule has 8 heteroatoms. The molecule has 1 N–H and O–H groups in total. The number of carbonyl (C=O) groups is 1. The quantitative estimate of drug-likeness (QED) is 0.579. The highest BCUT2D eigenvalue weighted by Gasteiger charge is 2.15. The van der Waals surface area contributed by atoms with Gasteiger partial charge in [0.2, 0.25) is 5.91 Å². The summed E-state index contributed by atoms with van der Waals surface area (Å²) in [5.41, 5.74) is 0.862. The van der Waals surface area contributed by atoms with Crippen molar-refractivity contribution in [3.63, 3.8) is 0 Å². The molecule has 0 saturated heterocycles. The number of methoxy groups -OCH3 is 2. The van der Waals surface area contributed by atoms with Crippen molar-refractivity contribution in [3.05, 3.63) is 24.3 Å². The van der Waals surface area contributed by atoms with Gasteiger partial charge in [0.05, 0.1) is 25.0 Å². The first-order chi connectivity index (χ1) is 11.2. The number of nitrogens with zero attached hydrogens (tertiary/aromatic N) is 3. The number of hydrogen-bond donors (Lipinski definition) is 1. The van der Waals surface area contributed by atoms with Crippen molar-refractivity contribution < 1.29 is 14.3 Å². The van der Waals surface area contributed by atoms with Gasteiger partial charge in [-0.3, -0.25) is 4.79 Å². The summed E-state index contributed by atoms with van der Waals surface area (Å²) in [6, 6.07) is 7.62. The lowest BCUT2D eigenvalue weighted by atomic mass is 10.2. The highest BCUT2D eigenvalue weighted by Crippen LogP contribution is 2.29. The lowest BCUT2D eigenvalue weighted by molar-refractivity contribution is -0.118. The van der Waals surface area contributed by atoms with Crippen LogP contribution in [0.1, 0.15) is 0 Å². The molecule has 1 aromatic heterocycles. The fourth-order valence-electron chi connectivity index (χ4n) is 1.98. The van der Waals surface area contributed by atoms with Crippen LogP contribution in [-0.4, -0.2) is 53.8 Å². The standard InChI is InChI=1S/C15H20N4O3S/c1-19-14(11-6-4-5-7-12(11)22-3)17-18-15(19)23-10-13(20)16-8-9-21-2/h4-7H,8-10H2,1-3H3,(H,16,20). The molecule has 0 atom stereocenters. The molecule has 2 aromatic rings. The SMILES string of the molecule is COCCNC(=O)CSc1nnc(-c2ccccc2OC)n1C. The number of ether oxygens (including phenoxy) is 2. The molecule has 1 amide bonds. The number of rotatable bonds is 8. The van der Waals surface area contributed by atoms with Crippen LogP contribution in [0.4, 0.5) is 0 Å². The van der Waals surface area contributed by atoms with Gasteiger partial charge in [-0.1, -0.05) is 23.9 Å². The molecule has 0 saturated carbocycles. The number of thioether (sulfide) groups is 1. The molecule has 0 unspecified atom stereocenters. The zero-order valence-electron chi connectivity index (χ0n) is 13.4. The van der Waals surface area contributed by atoms with Crippen molar-refractivity contribution in [3.8, 4) is 17.1 Å². The van der Waals surface area contributed by atoms with Gasteiger partial charge in [-0.05, 0) is 12.1 Å². The maximum atomic E-state index is 11.7. The van der Waals surface area contributed by atoms with E-state index in [1.165, 1.54) is 11.8 Å². The molecule has 7 nitrogen and oxygen atoms in total. The monoisotopic (exact) mass is 336 g/mol. The third kappa shape index (κ3) is 4.46. The van der Waals surface area contributed by atoms with E-state index in [4.69, 9.17) is 9.47 Å². The zero-order chi connectivity index (χ0) is 16.7. The summed E-state index contributed by atoms with van der Waals surface area (Å²) >= 11 is 1.34. The second kappa shape index (κ2) is 8.54. The van der Waals surface area contributed by atoms with Crippen molar-refractivity contribution in [2.75, 3.05) is 33.1 Å². The van der Waals surface area contributed by atoms with E-state index in [1.54, 1.807) is 14.2 Å². The van der Waals surface area contributed by atoms with E-state index in [2.05, 4.69) is 15.5 Å². The van der Waals surface area contributed by atoms with Gasteiger partial charge in [0.15, 0.2) is 11.0 Å². The highest BCUT2D eigenvalue weighted by atomic mass is 32.2. The summed E-state index contributed by atoms with van der Waals surface area (Å²) in [7, 11) is 5.09. The highest BCUT2D eigenvalue weighted by molar-refractivity contribution is 7.99. The van der Waals surface area contributed by atoms with Crippen molar-refractivity contribution in [1.82, 2.24) is 20.1 Å². The van der Waals surface area contributed by atoms with Crippen molar-refractivity contribution in [1.29, 1.82) is 0 Å². The lowest BCUT2D eigenvalue weighted by Crippen LogP contribution is -2.28. The smallest absolute Gasteiger partial charge is 0.230 e. The molecule has 0 spiro atoms. The number of hydrogen-bond acceptors (Lipinski definition) is 6. The van der Waals surface area contributed by atoms with E-state index in [0.717, 1.165) is 11.3 Å². The minimum atomic E-state index is -0.0612. The van der Waals surface area contributed by atoms with Gasteiger partial charge < -0.3 is 19.4 Å². The Labute approximate surface area is 139 Å². The topological polar surface area (TPSA) is 78.3 Å². The predicted molar refractivity (Wildman–Crippen MR) is 88.6 cm³/mol. The Morgan fingerprint density at radius 3 is 2.83 bits per heavy atom. The molecule has 2 rings (SSSR count). The van der Waals surface area contributed by atoms with Gasteiger partial charge >= 0.3 is 0 Å². The number of nitrogens with one attached hydrogen (secondary N) is 1. The van der Waals surface area contributed by atoms with Crippen molar-refractivity contribution in [2.24, 2.45) is 7.05 Å². The number of benzene rings is 1. The molecule has 1 heterocycles.